The van der Waals surface area contributed by atoms with Gasteiger partial charge in [0.05, 0.1) is 10.2 Å². The van der Waals surface area contributed by atoms with Crippen LogP contribution in [0.15, 0.2) is 42.5 Å². The summed E-state index contributed by atoms with van der Waals surface area (Å²) in [5.74, 6) is 0.899. The Morgan fingerprint density at radius 3 is 2.76 bits per heavy atom. The number of aromatic nitrogens is 1. The lowest BCUT2D eigenvalue weighted by Gasteiger charge is -2.07. The van der Waals surface area contributed by atoms with Crippen LogP contribution in [0.1, 0.15) is 18.1 Å². The summed E-state index contributed by atoms with van der Waals surface area (Å²) in [5.41, 5.74) is 3.38. The molecule has 0 spiro atoms. The molecule has 2 aromatic carbocycles. The van der Waals surface area contributed by atoms with E-state index in [1.807, 2.05) is 18.2 Å². The molecular weight excluding hydrogens is 280 g/mol. The van der Waals surface area contributed by atoms with E-state index in [9.17, 15) is 0 Å². The highest BCUT2D eigenvalue weighted by atomic mass is 32.1. The molecule has 0 aliphatic carbocycles. The predicted molar refractivity (Wildman–Crippen MR) is 89.3 cm³/mol. The third-order valence-electron chi connectivity index (χ3n) is 3.24. The summed E-state index contributed by atoms with van der Waals surface area (Å²) in [6.07, 6.45) is 0. The van der Waals surface area contributed by atoms with E-state index in [2.05, 4.69) is 48.4 Å². The maximum atomic E-state index is 5.91. The molecule has 0 bridgehead atoms. The number of rotatable bonds is 5. The zero-order valence-corrected chi connectivity index (χ0v) is 13.0. The first kappa shape index (κ1) is 13.9. The summed E-state index contributed by atoms with van der Waals surface area (Å²) in [7, 11) is 0. The molecule has 1 N–H and O–H groups in total. The first-order chi connectivity index (χ1) is 10.3. The molecule has 0 aliphatic rings. The minimum Gasteiger partial charge on any atom is -0.489 e. The molecule has 0 radical (unpaired) electrons. The lowest BCUT2D eigenvalue weighted by molar-refractivity contribution is 0.306. The van der Waals surface area contributed by atoms with E-state index < -0.39 is 0 Å². The quantitative estimate of drug-likeness (QED) is 0.746. The molecule has 4 heteroatoms. The smallest absolute Gasteiger partial charge is 0.183 e. The van der Waals surface area contributed by atoms with Gasteiger partial charge >= 0.3 is 0 Å². The Bertz CT molecular complexity index is 737. The summed E-state index contributed by atoms with van der Waals surface area (Å²) >= 11 is 1.67. The van der Waals surface area contributed by atoms with E-state index in [1.165, 1.54) is 5.56 Å². The molecule has 1 aromatic heterocycles. The van der Waals surface area contributed by atoms with Crippen LogP contribution in [-0.4, -0.2) is 11.5 Å². The van der Waals surface area contributed by atoms with Crippen LogP contribution in [0.2, 0.25) is 0 Å². The second kappa shape index (κ2) is 6.14. The molecule has 0 saturated carbocycles. The molecule has 3 aromatic rings. The second-order valence-electron chi connectivity index (χ2n) is 4.91. The van der Waals surface area contributed by atoms with Crippen LogP contribution >= 0.6 is 11.3 Å². The Kier molecular flexibility index (Phi) is 4.06. The van der Waals surface area contributed by atoms with E-state index in [0.717, 1.165) is 33.2 Å². The summed E-state index contributed by atoms with van der Waals surface area (Å²) in [5, 5.41) is 4.24. The van der Waals surface area contributed by atoms with Crippen molar-refractivity contribution in [3.8, 4) is 5.75 Å². The van der Waals surface area contributed by atoms with Gasteiger partial charge in [-0.3, -0.25) is 0 Å². The summed E-state index contributed by atoms with van der Waals surface area (Å²) in [4.78, 5) is 4.61. The molecule has 0 amide bonds. The van der Waals surface area contributed by atoms with E-state index >= 15 is 0 Å². The zero-order chi connectivity index (χ0) is 14.7. The number of anilines is 1. The van der Waals surface area contributed by atoms with Crippen LogP contribution in [0.25, 0.3) is 10.2 Å². The van der Waals surface area contributed by atoms with Crippen molar-refractivity contribution in [1.82, 2.24) is 4.98 Å². The van der Waals surface area contributed by atoms with E-state index in [1.54, 1.807) is 11.3 Å². The van der Waals surface area contributed by atoms with Gasteiger partial charge in [0, 0.05) is 6.54 Å². The SMILES string of the molecule is CCNc1nc2c(C)cc(OCc3ccccc3)cc2s1. The molecule has 0 saturated heterocycles. The fourth-order valence-corrected chi connectivity index (χ4v) is 3.26. The van der Waals surface area contributed by atoms with Crippen molar-refractivity contribution in [2.75, 3.05) is 11.9 Å². The molecule has 3 nitrogen and oxygen atoms in total. The normalized spacial score (nSPS) is 10.8. The first-order valence-corrected chi connectivity index (χ1v) is 7.89. The Morgan fingerprint density at radius 1 is 1.19 bits per heavy atom. The maximum Gasteiger partial charge on any atom is 0.183 e. The van der Waals surface area contributed by atoms with Crippen molar-refractivity contribution < 1.29 is 4.74 Å². The third-order valence-corrected chi connectivity index (χ3v) is 4.20. The molecule has 3 rings (SSSR count). The van der Waals surface area contributed by atoms with Gasteiger partial charge < -0.3 is 10.1 Å². The van der Waals surface area contributed by atoms with Crippen molar-refractivity contribution in [1.29, 1.82) is 0 Å². The van der Waals surface area contributed by atoms with Crippen LogP contribution in [0.3, 0.4) is 0 Å². The molecule has 108 valence electrons. The number of thiazole rings is 1. The predicted octanol–water partition coefficient (Wildman–Crippen LogP) is 4.62. The van der Waals surface area contributed by atoms with Gasteiger partial charge in [-0.05, 0) is 37.1 Å². The topological polar surface area (TPSA) is 34.2 Å². The highest BCUT2D eigenvalue weighted by Crippen LogP contribution is 2.32. The maximum absolute atomic E-state index is 5.91. The molecule has 21 heavy (non-hydrogen) atoms. The molecule has 0 atom stereocenters. The third kappa shape index (κ3) is 3.16. The summed E-state index contributed by atoms with van der Waals surface area (Å²) < 4.78 is 7.07. The number of ether oxygens (including phenoxy) is 1. The van der Waals surface area contributed by atoms with Gasteiger partial charge in [-0.25, -0.2) is 4.98 Å². The number of fused-ring (bicyclic) bond motifs is 1. The van der Waals surface area contributed by atoms with Gasteiger partial charge in [0.2, 0.25) is 0 Å². The minimum atomic E-state index is 0.588. The largest absolute Gasteiger partial charge is 0.489 e. The van der Waals surface area contributed by atoms with Crippen molar-refractivity contribution >= 4 is 26.7 Å². The summed E-state index contributed by atoms with van der Waals surface area (Å²) in [6, 6.07) is 14.3. The van der Waals surface area contributed by atoms with Crippen LogP contribution in [-0.2, 0) is 6.61 Å². The standard InChI is InChI=1S/C17H18N2OS/c1-3-18-17-19-16-12(2)9-14(10-15(16)21-17)20-11-13-7-5-4-6-8-13/h4-10H,3,11H2,1-2H3,(H,18,19). The van der Waals surface area contributed by atoms with Crippen LogP contribution in [0.4, 0.5) is 5.13 Å². The first-order valence-electron chi connectivity index (χ1n) is 7.08. The van der Waals surface area contributed by atoms with Gasteiger partial charge in [-0.1, -0.05) is 41.7 Å². The average Bonchev–Trinajstić information content (AvgIpc) is 2.90. The summed E-state index contributed by atoms with van der Waals surface area (Å²) in [6.45, 7) is 5.63. The number of aryl methyl sites for hydroxylation is 1. The number of nitrogens with one attached hydrogen (secondary N) is 1. The van der Waals surface area contributed by atoms with Crippen LogP contribution in [0.5, 0.6) is 5.75 Å². The number of hydrogen-bond acceptors (Lipinski definition) is 4. The van der Waals surface area contributed by atoms with E-state index in [0.29, 0.717) is 6.61 Å². The molecule has 0 aliphatic heterocycles. The van der Waals surface area contributed by atoms with Crippen molar-refractivity contribution in [2.45, 2.75) is 20.5 Å². The molecule has 0 unspecified atom stereocenters. The Hall–Kier alpha value is -2.07. The fraction of sp³-hybridized carbons (Fsp3) is 0.235. The highest BCUT2D eigenvalue weighted by Gasteiger charge is 2.08. The fourth-order valence-electron chi connectivity index (χ4n) is 2.22. The number of nitrogens with zero attached hydrogens (tertiary/aromatic N) is 1. The Morgan fingerprint density at radius 2 is 2.00 bits per heavy atom. The lowest BCUT2D eigenvalue weighted by atomic mass is 10.2. The number of benzene rings is 2. The van der Waals surface area contributed by atoms with Gasteiger partial charge in [0.15, 0.2) is 5.13 Å². The van der Waals surface area contributed by atoms with Gasteiger partial charge in [-0.15, -0.1) is 0 Å². The van der Waals surface area contributed by atoms with Crippen molar-refractivity contribution in [3.05, 3.63) is 53.6 Å². The lowest BCUT2D eigenvalue weighted by Crippen LogP contribution is -1.95. The van der Waals surface area contributed by atoms with Crippen LogP contribution < -0.4 is 10.1 Å². The average molecular weight is 298 g/mol. The molecular formula is C17H18N2OS. The molecule has 1 heterocycles. The van der Waals surface area contributed by atoms with E-state index in [4.69, 9.17) is 4.74 Å². The second-order valence-corrected chi connectivity index (χ2v) is 5.94. The minimum absolute atomic E-state index is 0.588. The van der Waals surface area contributed by atoms with Crippen molar-refractivity contribution in [2.24, 2.45) is 0 Å². The van der Waals surface area contributed by atoms with Gasteiger partial charge in [0.1, 0.15) is 12.4 Å². The molecule has 0 fully saturated rings. The Labute approximate surface area is 128 Å². The Balaban J connectivity index is 1.82. The number of hydrogen-bond donors (Lipinski definition) is 1. The van der Waals surface area contributed by atoms with Crippen LogP contribution in [0, 0.1) is 6.92 Å². The monoisotopic (exact) mass is 298 g/mol. The van der Waals surface area contributed by atoms with Crippen molar-refractivity contribution in [3.63, 3.8) is 0 Å². The van der Waals surface area contributed by atoms with E-state index in [-0.39, 0.29) is 0 Å². The zero-order valence-electron chi connectivity index (χ0n) is 12.2. The van der Waals surface area contributed by atoms with Gasteiger partial charge in [0.25, 0.3) is 0 Å². The van der Waals surface area contributed by atoms with Gasteiger partial charge in [-0.2, -0.15) is 0 Å². The highest BCUT2D eigenvalue weighted by molar-refractivity contribution is 7.22.